The highest BCUT2D eigenvalue weighted by atomic mass is 31.1. The zero-order chi connectivity index (χ0) is 17.5. The van der Waals surface area contributed by atoms with E-state index in [0.717, 1.165) is 36.0 Å². The van der Waals surface area contributed by atoms with Crippen molar-refractivity contribution in [2.45, 2.75) is 72.1 Å². The Hall–Kier alpha value is -1.01. The van der Waals surface area contributed by atoms with E-state index in [9.17, 15) is 9.36 Å². The Morgan fingerprint density at radius 3 is 2.29 bits per heavy atom. The van der Waals surface area contributed by atoms with Crippen molar-refractivity contribution in [3.8, 4) is 0 Å². The third-order valence-corrected chi connectivity index (χ3v) is 5.99. The third kappa shape index (κ3) is 4.99. The van der Waals surface area contributed by atoms with E-state index < -0.39 is 0 Å². The summed E-state index contributed by atoms with van der Waals surface area (Å²) in [4.78, 5) is 13.4. The van der Waals surface area contributed by atoms with Gasteiger partial charge in [0.1, 0.15) is 0 Å². The lowest BCUT2D eigenvalue weighted by Crippen LogP contribution is -2.27. The summed E-state index contributed by atoms with van der Waals surface area (Å²) in [5.74, 6) is 1.04. The minimum Gasteiger partial charge on any atom is -0.294 e. The molecule has 1 aliphatic carbocycles. The van der Waals surface area contributed by atoms with E-state index in [2.05, 4.69) is 32.9 Å². The monoisotopic (exact) mass is 346 g/mol. The highest BCUT2D eigenvalue weighted by molar-refractivity contribution is 7.23. The van der Waals surface area contributed by atoms with Gasteiger partial charge >= 0.3 is 0 Å². The Morgan fingerprint density at radius 1 is 1.08 bits per heavy atom. The first kappa shape index (κ1) is 19.3. The number of carbonyl (C=O) groups is 1. The Balaban J connectivity index is 2.21. The smallest absolute Gasteiger partial charge is 0.166 e. The molecule has 0 bridgehead atoms. The fourth-order valence-electron chi connectivity index (χ4n) is 4.41. The summed E-state index contributed by atoms with van der Waals surface area (Å²) in [5.41, 5.74) is 4.43. The molecule has 132 valence electrons. The first-order valence-corrected chi connectivity index (χ1v) is 10.5. The highest BCUT2D eigenvalue weighted by Gasteiger charge is 2.31. The number of unbranched alkanes of at least 4 members (excludes halogenated alkanes) is 1. The number of benzene rings is 1. The van der Waals surface area contributed by atoms with Gasteiger partial charge in [-0.15, -0.1) is 0 Å². The van der Waals surface area contributed by atoms with Gasteiger partial charge < -0.3 is 0 Å². The van der Waals surface area contributed by atoms with Gasteiger partial charge in [0.25, 0.3) is 0 Å². The lowest BCUT2D eigenvalue weighted by atomic mass is 9.73. The summed E-state index contributed by atoms with van der Waals surface area (Å²) in [6, 6.07) is 4.27. The lowest BCUT2D eigenvalue weighted by molar-refractivity contribution is 0.0830. The fourth-order valence-corrected chi connectivity index (χ4v) is 4.76. The molecule has 1 unspecified atom stereocenters. The van der Waals surface area contributed by atoms with Crippen LogP contribution in [0, 0.1) is 32.6 Å². The average molecular weight is 346 g/mol. The molecule has 0 spiro atoms. The molecule has 0 N–H and O–H groups in total. The van der Waals surface area contributed by atoms with Crippen LogP contribution in [-0.2, 0) is 4.57 Å². The number of carbonyl (C=O) groups excluding carboxylic acids is 1. The van der Waals surface area contributed by atoms with Gasteiger partial charge in [0, 0.05) is 17.6 Å². The third-order valence-electron chi connectivity index (χ3n) is 5.49. The van der Waals surface area contributed by atoms with Crippen molar-refractivity contribution in [3.63, 3.8) is 0 Å². The molecular weight excluding hydrogens is 315 g/mol. The second-order valence-electron chi connectivity index (χ2n) is 7.49. The Labute approximate surface area is 148 Å². The zero-order valence-electron chi connectivity index (χ0n) is 15.4. The molecule has 1 atom stereocenters. The van der Waals surface area contributed by atoms with Crippen molar-refractivity contribution in [1.82, 2.24) is 0 Å². The van der Waals surface area contributed by atoms with Gasteiger partial charge in [-0.25, -0.2) is 0 Å². The molecule has 0 saturated heterocycles. The predicted molar refractivity (Wildman–Crippen MR) is 101 cm³/mol. The maximum atomic E-state index is 13.4. The van der Waals surface area contributed by atoms with Crippen LogP contribution in [-0.4, -0.2) is 11.9 Å². The van der Waals surface area contributed by atoms with Crippen LogP contribution in [0.1, 0.15) is 78.4 Å². The maximum absolute atomic E-state index is 13.4. The summed E-state index contributed by atoms with van der Waals surface area (Å²) in [6.45, 7) is 6.23. The fraction of sp³-hybridized carbons (Fsp3) is 0.667. The number of aryl methyl sites for hydroxylation is 3. The standard InChI is InChI=1S/C21H31O2P/c1-15-13-16(2)20(17(3)14-15)21(22)19(11-7-8-12-24-23)18-9-5-4-6-10-18/h13-14,18-19H,4-12H2,1-3H3. The van der Waals surface area contributed by atoms with Crippen molar-refractivity contribution in [1.29, 1.82) is 0 Å². The number of hydrogen-bond acceptors (Lipinski definition) is 2. The minimum absolute atomic E-state index is 0.147. The molecule has 0 amide bonds. The largest absolute Gasteiger partial charge is 0.294 e. The molecule has 0 heterocycles. The van der Waals surface area contributed by atoms with Crippen LogP contribution < -0.4 is 0 Å². The van der Waals surface area contributed by atoms with Crippen molar-refractivity contribution < 1.29 is 9.36 Å². The maximum Gasteiger partial charge on any atom is 0.166 e. The van der Waals surface area contributed by atoms with Gasteiger partial charge in [-0.05, 0) is 63.5 Å². The quantitative estimate of drug-likeness (QED) is 0.308. The summed E-state index contributed by atoms with van der Waals surface area (Å²) < 4.78 is 10.7. The van der Waals surface area contributed by atoms with Crippen LogP contribution in [0.5, 0.6) is 0 Å². The second kappa shape index (κ2) is 9.47. The first-order chi connectivity index (χ1) is 11.5. The van der Waals surface area contributed by atoms with E-state index in [0.29, 0.717) is 17.9 Å². The van der Waals surface area contributed by atoms with E-state index in [1.54, 1.807) is 0 Å². The molecular formula is C21H31O2P. The zero-order valence-corrected chi connectivity index (χ0v) is 16.3. The van der Waals surface area contributed by atoms with E-state index in [-0.39, 0.29) is 14.4 Å². The van der Waals surface area contributed by atoms with Gasteiger partial charge in [-0.2, -0.15) is 0 Å². The summed E-state index contributed by atoms with van der Waals surface area (Å²) in [6.07, 6.45) is 9.85. The summed E-state index contributed by atoms with van der Waals surface area (Å²) in [7, 11) is 0.230. The van der Waals surface area contributed by atoms with Gasteiger partial charge in [-0.1, -0.05) is 43.4 Å². The van der Waals surface area contributed by atoms with E-state index in [1.807, 2.05) is 0 Å². The molecule has 1 aromatic carbocycles. The molecule has 3 heteroatoms. The SMILES string of the molecule is Cc1cc(C)c(C(=O)C(CCCCP=O)C2CCCCC2)c(C)c1. The van der Waals surface area contributed by atoms with E-state index in [4.69, 9.17) is 0 Å². The number of Topliss-reactive ketones (excluding diaryl/α,β-unsaturated/α-hetero) is 1. The minimum atomic E-state index is 0.147. The molecule has 1 aliphatic rings. The average Bonchev–Trinajstić information content (AvgIpc) is 2.54. The number of hydrogen-bond donors (Lipinski definition) is 0. The molecule has 2 rings (SSSR count). The Morgan fingerprint density at radius 2 is 1.71 bits per heavy atom. The van der Waals surface area contributed by atoms with E-state index in [1.165, 1.54) is 37.7 Å². The van der Waals surface area contributed by atoms with E-state index >= 15 is 0 Å². The molecule has 24 heavy (non-hydrogen) atoms. The predicted octanol–water partition coefficient (Wildman–Crippen LogP) is 6.45. The van der Waals surface area contributed by atoms with Crippen molar-refractivity contribution in [2.75, 3.05) is 6.16 Å². The van der Waals surface area contributed by atoms with Crippen LogP contribution in [0.15, 0.2) is 12.1 Å². The van der Waals surface area contributed by atoms with Gasteiger partial charge in [0.05, 0.1) is 0 Å². The van der Waals surface area contributed by atoms with Gasteiger partial charge in [0.2, 0.25) is 0 Å². The lowest BCUT2D eigenvalue weighted by Gasteiger charge is -2.30. The topological polar surface area (TPSA) is 34.1 Å². The Kier molecular flexibility index (Phi) is 7.62. The van der Waals surface area contributed by atoms with Crippen molar-refractivity contribution in [2.24, 2.45) is 11.8 Å². The molecule has 1 saturated carbocycles. The Bertz CT molecular complexity index is 550. The van der Waals surface area contributed by atoms with Crippen LogP contribution in [0.3, 0.4) is 0 Å². The van der Waals surface area contributed by atoms with Gasteiger partial charge in [-0.3, -0.25) is 9.36 Å². The normalized spacial score (nSPS) is 17.1. The molecule has 1 fully saturated rings. The number of rotatable bonds is 8. The highest BCUT2D eigenvalue weighted by Crippen LogP contribution is 2.36. The van der Waals surface area contributed by atoms with Crippen molar-refractivity contribution in [3.05, 3.63) is 34.4 Å². The van der Waals surface area contributed by atoms with Crippen LogP contribution in [0.2, 0.25) is 0 Å². The first-order valence-electron chi connectivity index (χ1n) is 9.45. The molecule has 0 aromatic heterocycles. The second-order valence-corrected chi connectivity index (χ2v) is 8.20. The van der Waals surface area contributed by atoms with Crippen LogP contribution in [0.4, 0.5) is 0 Å². The molecule has 2 nitrogen and oxygen atoms in total. The van der Waals surface area contributed by atoms with Crippen molar-refractivity contribution >= 4 is 14.2 Å². The molecule has 0 aliphatic heterocycles. The molecule has 1 aromatic rings. The van der Waals surface area contributed by atoms with Crippen LogP contribution in [0.25, 0.3) is 0 Å². The number of ketones is 1. The van der Waals surface area contributed by atoms with Gasteiger partial charge in [0.15, 0.2) is 14.2 Å². The van der Waals surface area contributed by atoms with Crippen LogP contribution >= 0.6 is 8.46 Å². The molecule has 0 radical (unpaired) electrons. The summed E-state index contributed by atoms with van der Waals surface area (Å²) >= 11 is 0. The summed E-state index contributed by atoms with van der Waals surface area (Å²) in [5, 5.41) is 0.